The Labute approximate surface area is 255 Å². The highest BCUT2D eigenvalue weighted by molar-refractivity contribution is 6.88. The molecule has 0 N–H and O–H groups in total. The van der Waals surface area contributed by atoms with Gasteiger partial charge in [0.2, 0.25) is 0 Å². The highest BCUT2D eigenvalue weighted by Crippen LogP contribution is 2.44. The van der Waals surface area contributed by atoms with Gasteiger partial charge in [-0.05, 0) is 92.0 Å². The summed E-state index contributed by atoms with van der Waals surface area (Å²) >= 11 is 0. The van der Waals surface area contributed by atoms with Gasteiger partial charge >= 0.3 is 0 Å². The zero-order chi connectivity index (χ0) is 29.8. The Hall–Kier alpha value is -4.14. The van der Waals surface area contributed by atoms with Crippen molar-refractivity contribution in [2.45, 2.75) is 59.2 Å². The van der Waals surface area contributed by atoms with Crippen LogP contribution in [0.4, 0.5) is 0 Å². The molecular weight excluding hydrogens is 535 g/mol. The van der Waals surface area contributed by atoms with Crippen LogP contribution >= 0.6 is 0 Å². The van der Waals surface area contributed by atoms with Crippen molar-refractivity contribution in [2.75, 3.05) is 0 Å². The number of nitrogens with zero attached hydrogens (tertiary/aromatic N) is 1. The van der Waals surface area contributed by atoms with Gasteiger partial charge in [-0.3, -0.25) is 0 Å². The maximum atomic E-state index is 2.54. The van der Waals surface area contributed by atoms with Gasteiger partial charge in [0.05, 0.1) is 24.6 Å². The molecule has 0 saturated heterocycles. The number of rotatable bonds is 4. The van der Waals surface area contributed by atoms with Crippen molar-refractivity contribution in [1.82, 2.24) is 4.40 Å². The van der Waals surface area contributed by atoms with Crippen LogP contribution in [0.2, 0.25) is 19.6 Å². The summed E-state index contributed by atoms with van der Waals surface area (Å²) in [5, 5.41) is 12.1. The molecule has 8 aromatic rings. The second kappa shape index (κ2) is 9.18. The van der Waals surface area contributed by atoms with Crippen LogP contribution in [0.15, 0.2) is 97.1 Å². The van der Waals surface area contributed by atoms with Gasteiger partial charge in [0.25, 0.3) is 0 Å². The van der Waals surface area contributed by atoms with Crippen LogP contribution in [0.3, 0.4) is 0 Å². The van der Waals surface area contributed by atoms with Gasteiger partial charge in [-0.2, -0.15) is 0 Å². The van der Waals surface area contributed by atoms with Crippen molar-refractivity contribution in [3.8, 4) is 11.1 Å². The Bertz CT molecular complexity index is 2230. The van der Waals surface area contributed by atoms with E-state index >= 15 is 0 Å². The summed E-state index contributed by atoms with van der Waals surface area (Å²) in [7, 11) is -1.36. The maximum Gasteiger partial charge on any atom is 0.0775 e. The Morgan fingerprint density at radius 3 is 1.40 bits per heavy atom. The molecule has 0 aliphatic heterocycles. The largest absolute Gasteiger partial charge is 0.308 e. The molecule has 212 valence electrons. The van der Waals surface area contributed by atoms with E-state index in [4.69, 9.17) is 0 Å². The van der Waals surface area contributed by atoms with E-state index in [1.807, 2.05) is 0 Å². The van der Waals surface area contributed by atoms with Crippen molar-refractivity contribution in [3.05, 3.63) is 108 Å². The predicted molar refractivity (Wildman–Crippen MR) is 193 cm³/mol. The summed E-state index contributed by atoms with van der Waals surface area (Å²) in [5.41, 5.74) is 9.30. The molecule has 0 spiro atoms. The maximum absolute atomic E-state index is 2.54. The van der Waals surface area contributed by atoms with Crippen LogP contribution < -0.4 is 5.19 Å². The second-order valence-electron chi connectivity index (χ2n) is 14.3. The quantitative estimate of drug-likeness (QED) is 0.184. The van der Waals surface area contributed by atoms with Gasteiger partial charge in [-0.25, -0.2) is 0 Å². The van der Waals surface area contributed by atoms with E-state index in [2.05, 4.69) is 149 Å². The number of hydrogen-bond acceptors (Lipinski definition) is 0. The normalized spacial score (nSPS) is 13.0. The smallest absolute Gasteiger partial charge is 0.0775 e. The molecule has 43 heavy (non-hydrogen) atoms. The van der Waals surface area contributed by atoms with Gasteiger partial charge in [0.1, 0.15) is 0 Å². The van der Waals surface area contributed by atoms with Crippen LogP contribution in [-0.4, -0.2) is 12.5 Å². The average Bonchev–Trinajstić information content (AvgIpc) is 3.48. The molecule has 0 bridgehead atoms. The van der Waals surface area contributed by atoms with Crippen molar-refractivity contribution >= 4 is 72.9 Å². The van der Waals surface area contributed by atoms with Crippen LogP contribution in [-0.2, 0) is 0 Å². The first-order chi connectivity index (χ1) is 20.6. The first-order valence-corrected chi connectivity index (χ1v) is 19.3. The molecule has 0 saturated carbocycles. The van der Waals surface area contributed by atoms with E-state index in [0.29, 0.717) is 11.8 Å². The molecule has 2 aromatic heterocycles. The van der Waals surface area contributed by atoms with Crippen LogP contribution in [0.1, 0.15) is 50.7 Å². The summed E-state index contributed by atoms with van der Waals surface area (Å²) in [6, 6.07) is 38.0. The van der Waals surface area contributed by atoms with Crippen LogP contribution in [0.5, 0.6) is 0 Å². The van der Waals surface area contributed by atoms with E-state index in [1.54, 1.807) is 0 Å². The summed E-state index contributed by atoms with van der Waals surface area (Å²) in [6.45, 7) is 16.4. The lowest BCUT2D eigenvalue weighted by molar-refractivity contribution is 0.869. The summed E-state index contributed by atoms with van der Waals surface area (Å²) in [6.07, 6.45) is 0. The molecule has 0 fully saturated rings. The fourth-order valence-corrected chi connectivity index (χ4v) is 8.28. The molecule has 0 amide bonds. The summed E-state index contributed by atoms with van der Waals surface area (Å²) in [5.74, 6) is 1.02. The molecule has 6 aromatic carbocycles. The fraction of sp³-hybridized carbons (Fsp3) is 0.220. The van der Waals surface area contributed by atoms with E-state index in [1.165, 1.54) is 87.1 Å². The van der Waals surface area contributed by atoms with Gasteiger partial charge in [-0.15, -0.1) is 0 Å². The Kier molecular flexibility index (Phi) is 5.65. The van der Waals surface area contributed by atoms with Crippen LogP contribution in [0.25, 0.3) is 70.8 Å². The van der Waals surface area contributed by atoms with Crippen molar-refractivity contribution in [3.63, 3.8) is 0 Å². The molecule has 8 rings (SSSR count). The Morgan fingerprint density at radius 2 is 0.953 bits per heavy atom. The molecule has 0 radical (unpaired) electrons. The first-order valence-electron chi connectivity index (χ1n) is 15.8. The van der Waals surface area contributed by atoms with E-state index in [0.717, 1.165) is 0 Å². The van der Waals surface area contributed by atoms with E-state index in [-0.39, 0.29) is 0 Å². The summed E-state index contributed by atoms with van der Waals surface area (Å²) in [4.78, 5) is 0. The summed E-state index contributed by atoms with van der Waals surface area (Å²) < 4.78 is 2.54. The lowest BCUT2D eigenvalue weighted by Crippen LogP contribution is -2.37. The second-order valence-corrected chi connectivity index (χ2v) is 19.4. The molecule has 0 atom stereocenters. The van der Waals surface area contributed by atoms with Gasteiger partial charge in [0.15, 0.2) is 0 Å². The molecule has 2 heteroatoms. The van der Waals surface area contributed by atoms with Crippen molar-refractivity contribution in [2.24, 2.45) is 0 Å². The van der Waals surface area contributed by atoms with E-state index < -0.39 is 8.07 Å². The van der Waals surface area contributed by atoms with Gasteiger partial charge in [-0.1, -0.05) is 113 Å². The molecule has 0 aliphatic rings. The number of aromatic nitrogens is 1. The van der Waals surface area contributed by atoms with Crippen LogP contribution in [0, 0.1) is 0 Å². The molecule has 0 aliphatic carbocycles. The lowest BCUT2D eigenvalue weighted by atomic mass is 9.95. The highest BCUT2D eigenvalue weighted by atomic mass is 28.3. The number of hydrogen-bond donors (Lipinski definition) is 0. The monoisotopic (exact) mass is 573 g/mol. The number of fused-ring (bicyclic) bond motifs is 8. The third-order valence-corrected chi connectivity index (χ3v) is 11.8. The molecular formula is C41H39NSi. The SMILES string of the molecule is CC(C)c1ccc2cc3c(cc2c1)c1cc(-c2ccc([Si](C)(C)C)cc2)cc2c4cc5cc(C(C)C)ccc5cc4n3c12. The predicted octanol–water partition coefficient (Wildman–Crippen LogP) is 11.6. The van der Waals surface area contributed by atoms with E-state index in [9.17, 15) is 0 Å². The minimum atomic E-state index is -1.36. The minimum absolute atomic E-state index is 0.508. The topological polar surface area (TPSA) is 4.41 Å². The fourth-order valence-electron chi connectivity index (χ4n) is 7.11. The third kappa shape index (κ3) is 4.03. The average molecular weight is 574 g/mol. The lowest BCUT2D eigenvalue weighted by Gasteiger charge is -2.17. The minimum Gasteiger partial charge on any atom is -0.308 e. The van der Waals surface area contributed by atoms with Gasteiger partial charge in [0, 0.05) is 21.5 Å². The molecule has 1 nitrogen and oxygen atoms in total. The third-order valence-electron chi connectivity index (χ3n) is 9.77. The van der Waals surface area contributed by atoms with Crippen molar-refractivity contribution < 1.29 is 0 Å². The molecule has 2 heterocycles. The highest BCUT2D eigenvalue weighted by Gasteiger charge is 2.21. The van der Waals surface area contributed by atoms with Crippen molar-refractivity contribution in [1.29, 1.82) is 0 Å². The zero-order valence-electron chi connectivity index (χ0n) is 26.3. The molecule has 0 unspecified atom stereocenters. The zero-order valence-corrected chi connectivity index (χ0v) is 27.3. The first kappa shape index (κ1) is 26.5. The standard InChI is InChI=1S/C41H39NSi/c1-24(2)27-8-10-29-22-39-35(18-31(29)16-27)37-20-33(26-12-14-34(15-13-26)43(5,6)7)21-38-36-19-32-17-28(25(3)4)9-11-30(32)23-40(36)42(39)41(37)38/h8-25H,1-7H3. The Morgan fingerprint density at radius 1 is 0.465 bits per heavy atom. The Balaban J connectivity index is 1.50. The van der Waals surface area contributed by atoms with Gasteiger partial charge < -0.3 is 4.40 Å². The number of benzene rings is 6.